The number of hydrogen-bond donors (Lipinski definition) is 0. The molecule has 0 unspecified atom stereocenters. The van der Waals surface area contributed by atoms with E-state index in [0.29, 0.717) is 17.1 Å². The molecule has 0 atom stereocenters. The second-order valence-corrected chi connectivity index (χ2v) is 9.88. The molecule has 0 bridgehead atoms. The Labute approximate surface area is 210 Å². The first-order chi connectivity index (χ1) is 17.2. The molecular weight excluding hydrogens is 456 g/mol. The van der Waals surface area contributed by atoms with Crippen molar-refractivity contribution in [2.24, 2.45) is 0 Å². The van der Waals surface area contributed by atoms with Gasteiger partial charge in [-0.3, -0.25) is 4.79 Å². The van der Waals surface area contributed by atoms with E-state index in [0.717, 1.165) is 59.3 Å². The topological polar surface area (TPSA) is 49.3 Å². The van der Waals surface area contributed by atoms with Gasteiger partial charge in [0.1, 0.15) is 12.1 Å². The van der Waals surface area contributed by atoms with Crippen LogP contribution in [-0.2, 0) is 6.54 Å². The number of rotatable bonds is 6. The number of carbonyl (C=O) groups excluding carboxylic acids is 1. The van der Waals surface area contributed by atoms with E-state index in [1.165, 1.54) is 12.8 Å². The molecule has 176 valence electrons. The summed E-state index contributed by atoms with van der Waals surface area (Å²) in [5.41, 5.74) is 4.90. The average molecular weight is 483 g/mol. The Bertz CT molecular complexity index is 1390. The second-order valence-electron chi connectivity index (χ2n) is 9.47. The zero-order valence-corrected chi connectivity index (χ0v) is 20.3. The van der Waals surface area contributed by atoms with E-state index in [2.05, 4.69) is 57.3 Å². The van der Waals surface area contributed by atoms with Crippen LogP contribution in [-0.4, -0.2) is 39.9 Å². The summed E-state index contributed by atoms with van der Waals surface area (Å²) in [5, 5.41) is 1.59. The number of benzene rings is 3. The van der Waals surface area contributed by atoms with E-state index in [9.17, 15) is 4.79 Å². The Morgan fingerprint density at radius 1 is 0.943 bits per heavy atom. The Morgan fingerprint density at radius 2 is 1.74 bits per heavy atom. The number of nitrogens with zero attached hydrogens (tertiary/aromatic N) is 4. The summed E-state index contributed by atoms with van der Waals surface area (Å²) in [6, 6.07) is 22.5. The lowest BCUT2D eigenvalue weighted by Crippen LogP contribution is -2.32. The molecule has 3 aromatic carbocycles. The van der Waals surface area contributed by atoms with Crippen LogP contribution in [0.2, 0.25) is 5.02 Å². The van der Waals surface area contributed by atoms with E-state index in [-0.39, 0.29) is 11.9 Å². The predicted octanol–water partition coefficient (Wildman–Crippen LogP) is 6.36. The summed E-state index contributed by atoms with van der Waals surface area (Å²) in [6.45, 7) is 2.66. The van der Waals surface area contributed by atoms with Gasteiger partial charge in [0.2, 0.25) is 0 Å². The van der Waals surface area contributed by atoms with Crippen molar-refractivity contribution in [3.05, 3.63) is 89.2 Å². The first-order valence-corrected chi connectivity index (χ1v) is 12.7. The summed E-state index contributed by atoms with van der Waals surface area (Å²) in [7, 11) is 0. The highest BCUT2D eigenvalue weighted by Crippen LogP contribution is 2.33. The largest absolute Gasteiger partial charge is 0.356 e. The molecule has 2 aliphatic rings. The third-order valence-electron chi connectivity index (χ3n) is 6.99. The van der Waals surface area contributed by atoms with Crippen molar-refractivity contribution in [2.45, 2.75) is 38.3 Å². The SMILES string of the molecule is O=C(c1ccccc1Cl)N(Cc1cccc(-c2ccc3ncnc(N4CCCC4)c3c2)c1)C1CC1. The number of hydrogen-bond acceptors (Lipinski definition) is 4. The standard InChI is InChI=1S/C29H27ClN4O/c30-26-9-2-1-8-24(26)29(35)34(23-11-12-23)18-20-6-5-7-21(16-20)22-10-13-27-25(17-22)28(32-19-31-27)33-14-3-4-15-33/h1-2,5-10,13,16-17,19,23H,3-4,11-12,14-15,18H2. The molecule has 4 aromatic rings. The Hall–Kier alpha value is -3.44. The van der Waals surface area contributed by atoms with Gasteiger partial charge < -0.3 is 9.80 Å². The molecule has 1 aliphatic heterocycles. The smallest absolute Gasteiger partial charge is 0.255 e. The quantitative estimate of drug-likeness (QED) is 0.321. The summed E-state index contributed by atoms with van der Waals surface area (Å²) in [6.07, 6.45) is 6.16. The van der Waals surface area contributed by atoms with E-state index in [1.807, 2.05) is 23.1 Å². The molecule has 1 aromatic heterocycles. The summed E-state index contributed by atoms with van der Waals surface area (Å²) in [5.74, 6) is 1.03. The molecule has 0 N–H and O–H groups in total. The monoisotopic (exact) mass is 482 g/mol. The van der Waals surface area contributed by atoms with Crippen molar-refractivity contribution in [2.75, 3.05) is 18.0 Å². The number of halogens is 1. The van der Waals surface area contributed by atoms with Crippen LogP contribution in [0, 0.1) is 0 Å². The van der Waals surface area contributed by atoms with Gasteiger partial charge in [0.25, 0.3) is 5.91 Å². The number of aromatic nitrogens is 2. The van der Waals surface area contributed by atoms with Gasteiger partial charge in [-0.25, -0.2) is 9.97 Å². The van der Waals surface area contributed by atoms with Gasteiger partial charge in [-0.1, -0.05) is 48.0 Å². The molecule has 1 amide bonds. The van der Waals surface area contributed by atoms with Crippen molar-refractivity contribution < 1.29 is 4.79 Å². The molecule has 35 heavy (non-hydrogen) atoms. The summed E-state index contributed by atoms with van der Waals surface area (Å²) in [4.78, 5) is 26.8. The van der Waals surface area contributed by atoms with Crippen LogP contribution >= 0.6 is 11.6 Å². The molecule has 0 radical (unpaired) electrons. The van der Waals surface area contributed by atoms with Crippen molar-refractivity contribution >= 4 is 34.2 Å². The lowest BCUT2D eigenvalue weighted by molar-refractivity contribution is 0.0730. The molecule has 1 saturated heterocycles. The highest BCUT2D eigenvalue weighted by molar-refractivity contribution is 6.33. The number of anilines is 1. The minimum atomic E-state index is 0.00149. The Morgan fingerprint density at radius 3 is 2.54 bits per heavy atom. The van der Waals surface area contributed by atoms with Crippen LogP contribution in [0.25, 0.3) is 22.0 Å². The normalized spacial score (nSPS) is 15.5. The fourth-order valence-electron chi connectivity index (χ4n) is 4.99. The van der Waals surface area contributed by atoms with Crippen LogP contribution in [0.5, 0.6) is 0 Å². The minimum Gasteiger partial charge on any atom is -0.356 e. The third kappa shape index (κ3) is 4.48. The zero-order chi connectivity index (χ0) is 23.8. The van der Waals surface area contributed by atoms with Crippen molar-refractivity contribution in [3.8, 4) is 11.1 Å². The predicted molar refractivity (Wildman–Crippen MR) is 141 cm³/mol. The fraction of sp³-hybridized carbons (Fsp3) is 0.276. The van der Waals surface area contributed by atoms with Crippen LogP contribution in [0.3, 0.4) is 0 Å². The van der Waals surface area contributed by atoms with E-state index < -0.39 is 0 Å². The van der Waals surface area contributed by atoms with Gasteiger partial charge in [-0.15, -0.1) is 0 Å². The molecule has 6 heteroatoms. The third-order valence-corrected chi connectivity index (χ3v) is 7.32. The lowest BCUT2D eigenvalue weighted by atomic mass is 10.0. The molecule has 5 nitrogen and oxygen atoms in total. The summed E-state index contributed by atoms with van der Waals surface area (Å²) >= 11 is 6.34. The second kappa shape index (κ2) is 9.31. The molecule has 1 saturated carbocycles. The Kier molecular flexibility index (Phi) is 5.86. The Balaban J connectivity index is 1.31. The molecule has 2 fully saturated rings. The fourth-order valence-corrected chi connectivity index (χ4v) is 5.21. The van der Waals surface area contributed by atoms with Crippen molar-refractivity contribution in [1.29, 1.82) is 0 Å². The molecule has 6 rings (SSSR count). The van der Waals surface area contributed by atoms with Crippen LogP contribution in [0.4, 0.5) is 5.82 Å². The van der Waals surface area contributed by atoms with Crippen molar-refractivity contribution in [3.63, 3.8) is 0 Å². The van der Waals surface area contributed by atoms with E-state index in [4.69, 9.17) is 11.6 Å². The van der Waals surface area contributed by atoms with Gasteiger partial charge in [-0.05, 0) is 72.7 Å². The molecule has 1 aliphatic carbocycles. The van der Waals surface area contributed by atoms with Crippen LogP contribution in [0.1, 0.15) is 41.6 Å². The number of carbonyl (C=O) groups is 1. The first kappa shape index (κ1) is 22.1. The van der Waals surface area contributed by atoms with Crippen molar-refractivity contribution in [1.82, 2.24) is 14.9 Å². The van der Waals surface area contributed by atoms with Crippen LogP contribution < -0.4 is 4.90 Å². The van der Waals surface area contributed by atoms with Gasteiger partial charge >= 0.3 is 0 Å². The minimum absolute atomic E-state index is 0.00149. The van der Waals surface area contributed by atoms with Gasteiger partial charge in [0.05, 0.1) is 16.1 Å². The first-order valence-electron chi connectivity index (χ1n) is 12.3. The lowest BCUT2D eigenvalue weighted by Gasteiger charge is -2.23. The van der Waals surface area contributed by atoms with E-state index >= 15 is 0 Å². The summed E-state index contributed by atoms with van der Waals surface area (Å²) < 4.78 is 0. The number of amides is 1. The zero-order valence-electron chi connectivity index (χ0n) is 19.5. The van der Waals surface area contributed by atoms with Gasteiger partial charge in [0.15, 0.2) is 0 Å². The highest BCUT2D eigenvalue weighted by atomic mass is 35.5. The average Bonchev–Trinajstić information content (AvgIpc) is 3.59. The maximum absolute atomic E-state index is 13.3. The highest BCUT2D eigenvalue weighted by Gasteiger charge is 2.33. The molecule has 0 spiro atoms. The van der Waals surface area contributed by atoms with Gasteiger partial charge in [0, 0.05) is 31.1 Å². The van der Waals surface area contributed by atoms with Crippen LogP contribution in [0.15, 0.2) is 73.1 Å². The molecular formula is C29H27ClN4O. The molecule has 2 heterocycles. The maximum atomic E-state index is 13.3. The van der Waals surface area contributed by atoms with E-state index in [1.54, 1.807) is 12.4 Å². The van der Waals surface area contributed by atoms with Gasteiger partial charge in [-0.2, -0.15) is 0 Å². The maximum Gasteiger partial charge on any atom is 0.255 e. The number of fused-ring (bicyclic) bond motifs is 1.